The van der Waals surface area contributed by atoms with Crippen LogP contribution in [-0.4, -0.2) is 16.7 Å². The van der Waals surface area contributed by atoms with Gasteiger partial charge in [0, 0.05) is 28.6 Å². The molecule has 0 unspecified atom stereocenters. The van der Waals surface area contributed by atoms with Gasteiger partial charge in [0.25, 0.3) is 0 Å². The van der Waals surface area contributed by atoms with Crippen molar-refractivity contribution in [1.29, 1.82) is 0 Å². The number of benzene rings is 2. The van der Waals surface area contributed by atoms with Crippen LogP contribution in [0.5, 0.6) is 0 Å². The van der Waals surface area contributed by atoms with Crippen LogP contribution in [0.15, 0.2) is 53.9 Å². The van der Waals surface area contributed by atoms with Crippen molar-refractivity contribution >= 4 is 28.7 Å². The SMILES string of the molecule is CC(=O)c1ccc(C)c(NC(=O)CCc2csc(-c3ccccc3)n2)c1. The lowest BCUT2D eigenvalue weighted by atomic mass is 10.1. The van der Waals surface area contributed by atoms with Crippen molar-refractivity contribution in [3.63, 3.8) is 0 Å². The van der Waals surface area contributed by atoms with Crippen molar-refractivity contribution in [2.75, 3.05) is 5.32 Å². The van der Waals surface area contributed by atoms with Gasteiger partial charge in [-0.3, -0.25) is 9.59 Å². The van der Waals surface area contributed by atoms with E-state index >= 15 is 0 Å². The maximum absolute atomic E-state index is 12.3. The normalized spacial score (nSPS) is 10.5. The quantitative estimate of drug-likeness (QED) is 0.633. The van der Waals surface area contributed by atoms with Crippen molar-refractivity contribution in [2.24, 2.45) is 0 Å². The Labute approximate surface area is 156 Å². The summed E-state index contributed by atoms with van der Waals surface area (Å²) in [5.74, 6) is -0.0977. The van der Waals surface area contributed by atoms with E-state index in [1.807, 2.05) is 48.7 Å². The van der Waals surface area contributed by atoms with Crippen LogP contribution in [0.4, 0.5) is 5.69 Å². The Morgan fingerprint density at radius 3 is 2.62 bits per heavy atom. The minimum Gasteiger partial charge on any atom is -0.326 e. The number of rotatable bonds is 6. The molecule has 0 radical (unpaired) electrons. The fraction of sp³-hybridized carbons (Fsp3) is 0.190. The second-order valence-corrected chi connectivity index (χ2v) is 7.00. The Morgan fingerprint density at radius 1 is 1.12 bits per heavy atom. The van der Waals surface area contributed by atoms with Gasteiger partial charge in [0.05, 0.1) is 5.69 Å². The van der Waals surface area contributed by atoms with E-state index in [4.69, 9.17) is 0 Å². The van der Waals surface area contributed by atoms with E-state index in [0.29, 0.717) is 24.1 Å². The number of Topliss-reactive ketones (excluding diaryl/α,β-unsaturated/α-hetero) is 1. The summed E-state index contributed by atoms with van der Waals surface area (Å²) in [7, 11) is 0. The van der Waals surface area contributed by atoms with E-state index in [1.165, 1.54) is 6.92 Å². The monoisotopic (exact) mass is 364 g/mol. The summed E-state index contributed by atoms with van der Waals surface area (Å²) >= 11 is 1.59. The van der Waals surface area contributed by atoms with Gasteiger partial charge in [0.2, 0.25) is 5.91 Å². The first-order valence-electron chi connectivity index (χ1n) is 8.44. The molecule has 5 heteroatoms. The van der Waals surface area contributed by atoms with Gasteiger partial charge in [-0.05, 0) is 31.9 Å². The Morgan fingerprint density at radius 2 is 1.88 bits per heavy atom. The van der Waals surface area contributed by atoms with Gasteiger partial charge in [-0.2, -0.15) is 0 Å². The third-order valence-corrected chi connectivity index (χ3v) is 5.04. The summed E-state index contributed by atoms with van der Waals surface area (Å²) in [4.78, 5) is 28.4. The van der Waals surface area contributed by atoms with Gasteiger partial charge in [0.15, 0.2) is 5.78 Å². The molecule has 1 aromatic heterocycles. The predicted molar refractivity (Wildman–Crippen MR) is 106 cm³/mol. The van der Waals surface area contributed by atoms with Crippen LogP contribution in [0.3, 0.4) is 0 Å². The average Bonchev–Trinajstić information content (AvgIpc) is 3.11. The highest BCUT2D eigenvalue weighted by Gasteiger charge is 2.10. The van der Waals surface area contributed by atoms with E-state index < -0.39 is 0 Å². The van der Waals surface area contributed by atoms with Crippen molar-refractivity contribution in [3.05, 3.63) is 70.7 Å². The Bertz CT molecular complexity index is 932. The molecule has 0 saturated carbocycles. The van der Waals surface area contributed by atoms with Crippen LogP contribution >= 0.6 is 11.3 Å². The number of hydrogen-bond donors (Lipinski definition) is 1. The molecule has 0 fully saturated rings. The lowest BCUT2D eigenvalue weighted by molar-refractivity contribution is -0.116. The van der Waals surface area contributed by atoms with Crippen molar-refractivity contribution < 1.29 is 9.59 Å². The molecule has 3 aromatic rings. The summed E-state index contributed by atoms with van der Waals surface area (Å²) in [5.41, 5.74) is 4.22. The zero-order valence-electron chi connectivity index (χ0n) is 14.8. The molecule has 1 heterocycles. The summed E-state index contributed by atoms with van der Waals surface area (Å²) < 4.78 is 0. The number of carbonyl (C=O) groups is 2. The van der Waals surface area contributed by atoms with Crippen LogP contribution in [0.2, 0.25) is 0 Å². The van der Waals surface area contributed by atoms with E-state index in [2.05, 4.69) is 10.3 Å². The molecule has 1 amide bonds. The number of carbonyl (C=O) groups excluding carboxylic acids is 2. The molecule has 26 heavy (non-hydrogen) atoms. The number of hydrogen-bond acceptors (Lipinski definition) is 4. The number of nitrogens with one attached hydrogen (secondary N) is 1. The molecule has 4 nitrogen and oxygen atoms in total. The van der Waals surface area contributed by atoms with Crippen molar-refractivity contribution in [3.8, 4) is 10.6 Å². The number of ketones is 1. The zero-order chi connectivity index (χ0) is 18.5. The van der Waals surface area contributed by atoms with Crippen LogP contribution in [0.25, 0.3) is 10.6 Å². The lowest BCUT2D eigenvalue weighted by Gasteiger charge is -2.09. The molecule has 0 spiro atoms. The number of thiazole rings is 1. The van der Waals surface area contributed by atoms with Gasteiger partial charge in [-0.1, -0.05) is 42.5 Å². The predicted octanol–water partition coefficient (Wildman–Crippen LogP) is 4.89. The molecule has 0 aliphatic heterocycles. The average molecular weight is 364 g/mol. The second kappa shape index (κ2) is 8.06. The number of aromatic nitrogens is 1. The van der Waals surface area contributed by atoms with E-state index in [1.54, 1.807) is 23.5 Å². The molecule has 0 atom stereocenters. The topological polar surface area (TPSA) is 59.1 Å². The fourth-order valence-electron chi connectivity index (χ4n) is 2.57. The van der Waals surface area contributed by atoms with Gasteiger partial charge in [-0.15, -0.1) is 11.3 Å². The lowest BCUT2D eigenvalue weighted by Crippen LogP contribution is -2.13. The molecular formula is C21H20N2O2S. The minimum atomic E-state index is -0.0805. The van der Waals surface area contributed by atoms with Crippen molar-refractivity contribution in [2.45, 2.75) is 26.7 Å². The highest BCUT2D eigenvalue weighted by molar-refractivity contribution is 7.13. The number of nitrogens with zero attached hydrogens (tertiary/aromatic N) is 1. The first kappa shape index (κ1) is 18.0. The molecule has 1 N–H and O–H groups in total. The molecule has 0 saturated heterocycles. The maximum Gasteiger partial charge on any atom is 0.224 e. The molecular weight excluding hydrogens is 344 g/mol. The van der Waals surface area contributed by atoms with Gasteiger partial charge >= 0.3 is 0 Å². The Hall–Kier alpha value is -2.79. The summed E-state index contributed by atoms with van der Waals surface area (Å²) in [6.07, 6.45) is 0.933. The standard InChI is InChI=1S/C21H20N2O2S/c1-14-8-9-17(15(2)24)12-19(14)23-20(25)11-10-18-13-26-21(22-18)16-6-4-3-5-7-16/h3-9,12-13H,10-11H2,1-2H3,(H,23,25). The number of aryl methyl sites for hydroxylation is 2. The van der Waals surface area contributed by atoms with E-state index in [9.17, 15) is 9.59 Å². The largest absolute Gasteiger partial charge is 0.326 e. The van der Waals surface area contributed by atoms with E-state index in [0.717, 1.165) is 21.8 Å². The fourth-order valence-corrected chi connectivity index (χ4v) is 3.43. The highest BCUT2D eigenvalue weighted by Crippen LogP contribution is 2.24. The minimum absolute atomic E-state index is 0.0172. The number of amides is 1. The summed E-state index contributed by atoms with van der Waals surface area (Å²) in [6.45, 7) is 3.43. The smallest absolute Gasteiger partial charge is 0.224 e. The molecule has 0 aliphatic rings. The third-order valence-electron chi connectivity index (χ3n) is 4.10. The van der Waals surface area contributed by atoms with Crippen LogP contribution in [0, 0.1) is 6.92 Å². The van der Waals surface area contributed by atoms with Crippen LogP contribution < -0.4 is 5.32 Å². The third kappa shape index (κ3) is 4.43. The zero-order valence-corrected chi connectivity index (χ0v) is 15.6. The molecule has 132 valence electrons. The molecule has 3 rings (SSSR count). The summed E-state index contributed by atoms with van der Waals surface area (Å²) in [6, 6.07) is 15.4. The number of anilines is 1. The Balaban J connectivity index is 1.61. The first-order chi connectivity index (χ1) is 12.5. The van der Waals surface area contributed by atoms with Gasteiger partial charge in [-0.25, -0.2) is 4.98 Å². The first-order valence-corrected chi connectivity index (χ1v) is 9.32. The van der Waals surface area contributed by atoms with E-state index in [-0.39, 0.29) is 11.7 Å². The maximum atomic E-state index is 12.3. The molecule has 0 aliphatic carbocycles. The highest BCUT2D eigenvalue weighted by atomic mass is 32.1. The van der Waals surface area contributed by atoms with Crippen LogP contribution in [-0.2, 0) is 11.2 Å². The van der Waals surface area contributed by atoms with Gasteiger partial charge < -0.3 is 5.32 Å². The molecule has 0 bridgehead atoms. The van der Waals surface area contributed by atoms with Gasteiger partial charge in [0.1, 0.15) is 5.01 Å². The van der Waals surface area contributed by atoms with Crippen molar-refractivity contribution in [1.82, 2.24) is 4.98 Å². The van der Waals surface area contributed by atoms with Crippen LogP contribution in [0.1, 0.15) is 35.0 Å². The summed E-state index contributed by atoms with van der Waals surface area (Å²) in [5, 5.41) is 5.86. The Kier molecular flexibility index (Phi) is 5.58. The molecule has 2 aromatic carbocycles. The second-order valence-electron chi connectivity index (χ2n) is 6.14.